The van der Waals surface area contributed by atoms with Gasteiger partial charge in [-0.2, -0.15) is 13.2 Å². The zero-order valence-electron chi connectivity index (χ0n) is 27.4. The molecule has 51 heavy (non-hydrogen) atoms. The number of piperazine rings is 1. The number of aryl methyl sites for hydroxylation is 2. The van der Waals surface area contributed by atoms with Gasteiger partial charge in [0.1, 0.15) is 22.1 Å². The Labute approximate surface area is 302 Å². The number of carbonyl (C=O) groups is 1. The molecule has 0 bridgehead atoms. The van der Waals surface area contributed by atoms with Gasteiger partial charge in [0.15, 0.2) is 6.61 Å². The Morgan fingerprint density at radius 3 is 2.29 bits per heavy atom. The lowest BCUT2D eigenvalue weighted by Gasteiger charge is -2.34. The fraction of sp³-hybridized carbons (Fsp3) is 0.257. The second kappa shape index (κ2) is 14.6. The number of hydrogen-bond donors (Lipinski definition) is 1. The summed E-state index contributed by atoms with van der Waals surface area (Å²) in [6.45, 7) is 3.19. The van der Waals surface area contributed by atoms with Crippen LogP contribution in [0.2, 0.25) is 10.0 Å². The number of carbonyl (C=O) groups excluding carboxylic acids is 1. The zero-order valence-corrected chi connectivity index (χ0v) is 29.7. The van der Waals surface area contributed by atoms with Gasteiger partial charge in [0.2, 0.25) is 5.88 Å². The highest BCUT2D eigenvalue weighted by atomic mass is 35.5. The molecule has 1 N–H and O–H groups in total. The Morgan fingerprint density at radius 1 is 0.941 bits per heavy atom. The Bertz CT molecular complexity index is 2150. The molecule has 1 fully saturated rings. The Morgan fingerprint density at radius 2 is 1.65 bits per heavy atom. The van der Waals surface area contributed by atoms with Gasteiger partial charge in [-0.3, -0.25) is 14.4 Å². The van der Waals surface area contributed by atoms with Crippen LogP contribution in [0.25, 0.3) is 10.9 Å². The highest BCUT2D eigenvalue weighted by Crippen LogP contribution is 2.32. The molecule has 1 amide bonds. The molecule has 268 valence electrons. The summed E-state index contributed by atoms with van der Waals surface area (Å²) in [5, 5.41) is 1.18. The third-order valence-electron chi connectivity index (χ3n) is 8.30. The molecule has 1 aliphatic rings. The molecule has 0 spiro atoms. The summed E-state index contributed by atoms with van der Waals surface area (Å²) in [7, 11) is -2.20. The number of rotatable bonds is 10. The van der Waals surface area contributed by atoms with Crippen LogP contribution in [0.15, 0.2) is 83.9 Å². The number of aromatic nitrogens is 2. The van der Waals surface area contributed by atoms with E-state index in [-0.39, 0.29) is 33.1 Å². The van der Waals surface area contributed by atoms with E-state index >= 15 is 0 Å². The number of pyridine rings is 1. The number of benzene rings is 3. The highest BCUT2D eigenvalue weighted by molar-refractivity contribution is 7.92. The standard InChI is InChI=1S/C35H32Cl2F3N5O5S/c1-22-15-25(36)17-29(37)33(22)51(47,48)42-26-6-10-32(41-19-26)50-28-9-5-24-16-31(43(2)30(24)18-28)34(46)45-13-11-44(12-14-45)20-23-3-7-27(8-4-23)49-21-35(38,39)40/h3-10,15-19,42H,11-14,20-21H2,1-2H3. The van der Waals surface area contributed by atoms with Crippen molar-refractivity contribution in [3.05, 3.63) is 106 Å². The molecule has 5 aromatic rings. The van der Waals surface area contributed by atoms with Crippen LogP contribution in [0.1, 0.15) is 21.6 Å². The number of halogens is 5. The number of nitrogens with one attached hydrogen (secondary N) is 1. The van der Waals surface area contributed by atoms with Gasteiger partial charge in [-0.15, -0.1) is 0 Å². The molecule has 3 aromatic carbocycles. The average Bonchev–Trinajstić information content (AvgIpc) is 3.39. The number of nitrogens with zero attached hydrogens (tertiary/aromatic N) is 4. The lowest BCUT2D eigenvalue weighted by atomic mass is 10.2. The molecule has 3 heterocycles. The van der Waals surface area contributed by atoms with Crippen LogP contribution in [0.5, 0.6) is 17.4 Å². The zero-order chi connectivity index (χ0) is 36.5. The molecule has 0 aliphatic carbocycles. The smallest absolute Gasteiger partial charge is 0.422 e. The van der Waals surface area contributed by atoms with Gasteiger partial charge in [0.25, 0.3) is 15.9 Å². The van der Waals surface area contributed by atoms with Crippen molar-refractivity contribution >= 4 is 55.7 Å². The van der Waals surface area contributed by atoms with Crippen LogP contribution in [-0.4, -0.2) is 72.6 Å². The summed E-state index contributed by atoms with van der Waals surface area (Å²) in [4.78, 5) is 21.7. The van der Waals surface area contributed by atoms with Crippen molar-refractivity contribution in [3.8, 4) is 17.4 Å². The van der Waals surface area contributed by atoms with E-state index in [0.29, 0.717) is 54.8 Å². The second-order valence-electron chi connectivity index (χ2n) is 12.1. The van der Waals surface area contributed by atoms with Gasteiger partial charge in [-0.1, -0.05) is 35.3 Å². The average molecular weight is 763 g/mol. The third-order valence-corrected chi connectivity index (χ3v) is 10.5. The predicted molar refractivity (Wildman–Crippen MR) is 188 cm³/mol. The van der Waals surface area contributed by atoms with E-state index in [2.05, 4.69) is 14.6 Å². The first kappa shape index (κ1) is 36.3. The molecule has 0 saturated carbocycles. The van der Waals surface area contributed by atoms with Gasteiger partial charge in [-0.05, 0) is 66.6 Å². The van der Waals surface area contributed by atoms with Crippen molar-refractivity contribution in [3.63, 3.8) is 0 Å². The first-order chi connectivity index (χ1) is 24.1. The monoisotopic (exact) mass is 761 g/mol. The van der Waals surface area contributed by atoms with Gasteiger partial charge in [-0.25, -0.2) is 13.4 Å². The molecule has 0 atom stereocenters. The summed E-state index contributed by atoms with van der Waals surface area (Å²) >= 11 is 12.2. The summed E-state index contributed by atoms with van der Waals surface area (Å²) < 4.78 is 78.3. The number of anilines is 1. The van der Waals surface area contributed by atoms with Gasteiger partial charge >= 0.3 is 6.18 Å². The van der Waals surface area contributed by atoms with Crippen LogP contribution in [0.4, 0.5) is 18.9 Å². The van der Waals surface area contributed by atoms with E-state index in [0.717, 1.165) is 16.5 Å². The molecular formula is C35H32Cl2F3N5O5S. The fourth-order valence-electron chi connectivity index (χ4n) is 5.82. The molecule has 0 unspecified atom stereocenters. The maximum Gasteiger partial charge on any atom is 0.422 e. The van der Waals surface area contributed by atoms with E-state index in [4.69, 9.17) is 32.7 Å². The quantitative estimate of drug-likeness (QED) is 0.156. The minimum absolute atomic E-state index is 0.00455. The van der Waals surface area contributed by atoms with E-state index in [1.54, 1.807) is 36.1 Å². The van der Waals surface area contributed by atoms with Gasteiger partial charge < -0.3 is 18.9 Å². The van der Waals surface area contributed by atoms with Crippen molar-refractivity contribution in [2.24, 2.45) is 7.05 Å². The second-order valence-corrected chi connectivity index (χ2v) is 14.5. The Kier molecular flexibility index (Phi) is 10.4. The summed E-state index contributed by atoms with van der Waals surface area (Å²) in [6, 6.07) is 19.7. The van der Waals surface area contributed by atoms with Gasteiger partial charge in [0, 0.05) is 62.3 Å². The summed E-state index contributed by atoms with van der Waals surface area (Å²) in [5.74, 6) is 0.760. The lowest BCUT2D eigenvalue weighted by molar-refractivity contribution is -0.153. The number of hydrogen-bond acceptors (Lipinski definition) is 7. The Balaban J connectivity index is 1.05. The van der Waals surface area contributed by atoms with Gasteiger partial charge in [0.05, 0.1) is 22.4 Å². The SMILES string of the molecule is Cc1cc(Cl)cc(Cl)c1S(=O)(=O)Nc1ccc(Oc2ccc3cc(C(=O)N4CCN(Cc5ccc(OCC(F)(F)F)cc5)CC4)n(C)c3c2)nc1. The number of alkyl halides is 3. The molecule has 16 heteroatoms. The first-order valence-electron chi connectivity index (χ1n) is 15.7. The Hall–Kier alpha value is -4.50. The lowest BCUT2D eigenvalue weighted by Crippen LogP contribution is -2.48. The highest BCUT2D eigenvalue weighted by Gasteiger charge is 2.29. The van der Waals surface area contributed by atoms with Crippen molar-refractivity contribution in [2.75, 3.05) is 37.5 Å². The van der Waals surface area contributed by atoms with E-state index in [1.807, 2.05) is 23.7 Å². The van der Waals surface area contributed by atoms with Crippen LogP contribution >= 0.6 is 23.2 Å². The number of ether oxygens (including phenoxy) is 2. The predicted octanol–water partition coefficient (Wildman–Crippen LogP) is 7.68. The van der Waals surface area contributed by atoms with Crippen LogP contribution in [-0.2, 0) is 23.6 Å². The van der Waals surface area contributed by atoms with Crippen molar-refractivity contribution in [2.45, 2.75) is 24.5 Å². The van der Waals surface area contributed by atoms with E-state index in [9.17, 15) is 26.4 Å². The van der Waals surface area contributed by atoms with Crippen LogP contribution in [0.3, 0.4) is 0 Å². The largest absolute Gasteiger partial charge is 0.484 e. The van der Waals surface area contributed by atoms with E-state index in [1.165, 1.54) is 42.6 Å². The minimum atomic E-state index is -4.39. The van der Waals surface area contributed by atoms with E-state index < -0.39 is 22.8 Å². The topological polar surface area (TPSA) is 106 Å². The molecule has 10 nitrogen and oxygen atoms in total. The molecule has 6 rings (SSSR count). The van der Waals surface area contributed by atoms with Crippen molar-refractivity contribution in [1.29, 1.82) is 0 Å². The molecule has 0 radical (unpaired) electrons. The summed E-state index contributed by atoms with van der Waals surface area (Å²) in [5.41, 5.74) is 2.85. The maximum atomic E-state index is 13.6. The van der Waals surface area contributed by atoms with Crippen molar-refractivity contribution < 1.29 is 35.9 Å². The molecular weight excluding hydrogens is 730 g/mol. The number of fused-ring (bicyclic) bond motifs is 1. The van der Waals surface area contributed by atoms with Crippen molar-refractivity contribution in [1.82, 2.24) is 19.4 Å². The van der Waals surface area contributed by atoms with Crippen LogP contribution in [0, 0.1) is 6.92 Å². The first-order valence-corrected chi connectivity index (χ1v) is 17.9. The minimum Gasteiger partial charge on any atom is -0.484 e. The third kappa shape index (κ3) is 8.70. The molecule has 1 saturated heterocycles. The fourth-order valence-corrected chi connectivity index (χ4v) is 8.05. The molecule has 1 aliphatic heterocycles. The maximum absolute atomic E-state index is 13.6. The number of amides is 1. The molecule has 2 aromatic heterocycles. The van der Waals surface area contributed by atoms with Crippen LogP contribution < -0.4 is 14.2 Å². The normalized spacial score (nSPS) is 14.1. The number of sulfonamides is 1. The summed E-state index contributed by atoms with van der Waals surface area (Å²) in [6.07, 6.45) is -3.06.